The van der Waals surface area contributed by atoms with E-state index in [0.29, 0.717) is 0 Å². The third-order valence-electron chi connectivity index (χ3n) is 2.92. The molecular formula is C13H16IN3. The molecule has 0 unspecified atom stereocenters. The lowest BCUT2D eigenvalue weighted by Gasteiger charge is -2.08. The third-order valence-corrected chi connectivity index (χ3v) is 4.08. The van der Waals surface area contributed by atoms with Gasteiger partial charge in [-0.05, 0) is 61.1 Å². The fraction of sp³-hybridized carbons (Fsp3) is 0.308. The van der Waals surface area contributed by atoms with E-state index in [2.05, 4.69) is 70.2 Å². The summed E-state index contributed by atoms with van der Waals surface area (Å²) in [6.45, 7) is 7.01. The number of benzene rings is 1. The van der Waals surface area contributed by atoms with Crippen molar-refractivity contribution in [3.63, 3.8) is 0 Å². The van der Waals surface area contributed by atoms with E-state index in [-0.39, 0.29) is 0 Å². The Labute approximate surface area is 115 Å². The van der Waals surface area contributed by atoms with Gasteiger partial charge in [0.2, 0.25) is 0 Å². The molecule has 0 aliphatic carbocycles. The fourth-order valence-electron chi connectivity index (χ4n) is 1.73. The van der Waals surface area contributed by atoms with Gasteiger partial charge in [-0.3, -0.25) is 5.10 Å². The van der Waals surface area contributed by atoms with Crippen molar-refractivity contribution in [2.75, 3.05) is 5.32 Å². The normalized spacial score (nSPS) is 10.6. The first-order chi connectivity index (χ1) is 8.08. The highest BCUT2D eigenvalue weighted by atomic mass is 127. The van der Waals surface area contributed by atoms with Crippen LogP contribution in [-0.4, -0.2) is 10.2 Å². The zero-order valence-electron chi connectivity index (χ0n) is 10.3. The molecule has 0 aliphatic rings. The molecule has 3 nitrogen and oxygen atoms in total. The van der Waals surface area contributed by atoms with Gasteiger partial charge in [0.05, 0.1) is 5.69 Å². The summed E-state index contributed by atoms with van der Waals surface area (Å²) in [4.78, 5) is 0. The smallest absolute Gasteiger partial charge is 0.0643 e. The van der Waals surface area contributed by atoms with Crippen molar-refractivity contribution < 1.29 is 0 Å². The van der Waals surface area contributed by atoms with Crippen molar-refractivity contribution in [3.05, 3.63) is 44.3 Å². The Kier molecular flexibility index (Phi) is 3.71. The summed E-state index contributed by atoms with van der Waals surface area (Å²) in [6, 6.07) is 6.42. The number of H-pyrrole nitrogens is 1. The maximum atomic E-state index is 4.19. The Hall–Kier alpha value is -1.04. The predicted octanol–water partition coefficient (Wildman–Crippen LogP) is 3.55. The van der Waals surface area contributed by atoms with Crippen molar-refractivity contribution in [1.29, 1.82) is 0 Å². The highest BCUT2D eigenvalue weighted by Crippen LogP contribution is 2.18. The Morgan fingerprint density at radius 3 is 2.65 bits per heavy atom. The van der Waals surface area contributed by atoms with Crippen LogP contribution in [0.1, 0.15) is 22.5 Å². The molecule has 0 aliphatic heterocycles. The first-order valence-electron chi connectivity index (χ1n) is 5.58. The van der Waals surface area contributed by atoms with E-state index < -0.39 is 0 Å². The van der Waals surface area contributed by atoms with Gasteiger partial charge >= 0.3 is 0 Å². The molecule has 0 saturated heterocycles. The van der Waals surface area contributed by atoms with Gasteiger partial charge in [0.25, 0.3) is 0 Å². The van der Waals surface area contributed by atoms with E-state index in [0.717, 1.165) is 23.6 Å². The molecule has 0 atom stereocenters. The van der Waals surface area contributed by atoms with Gasteiger partial charge in [-0.2, -0.15) is 5.10 Å². The molecule has 2 N–H and O–H groups in total. The number of hydrogen-bond acceptors (Lipinski definition) is 2. The van der Waals surface area contributed by atoms with Crippen LogP contribution < -0.4 is 5.32 Å². The Morgan fingerprint density at radius 2 is 2.06 bits per heavy atom. The molecule has 0 radical (unpaired) electrons. The van der Waals surface area contributed by atoms with Crippen LogP contribution in [0, 0.1) is 24.3 Å². The predicted molar refractivity (Wildman–Crippen MR) is 79.3 cm³/mol. The van der Waals surface area contributed by atoms with Crippen LogP contribution in [0.2, 0.25) is 0 Å². The second kappa shape index (κ2) is 5.08. The minimum atomic E-state index is 0.813. The lowest BCUT2D eigenvalue weighted by Crippen LogP contribution is -2.01. The number of halogens is 1. The van der Waals surface area contributed by atoms with Crippen LogP contribution in [-0.2, 0) is 6.54 Å². The lowest BCUT2D eigenvalue weighted by molar-refractivity contribution is 1.02. The van der Waals surface area contributed by atoms with Crippen molar-refractivity contribution in [2.24, 2.45) is 0 Å². The Bertz CT molecular complexity index is 512. The third kappa shape index (κ3) is 2.80. The minimum Gasteiger partial charge on any atom is -0.381 e. The summed E-state index contributed by atoms with van der Waals surface area (Å²) < 4.78 is 1.29. The molecule has 0 amide bonds. The number of nitrogens with zero attached hydrogens (tertiary/aromatic N) is 1. The second-order valence-corrected chi connectivity index (χ2v) is 5.39. The van der Waals surface area contributed by atoms with Crippen molar-refractivity contribution in [1.82, 2.24) is 10.2 Å². The number of aromatic amines is 1. The van der Waals surface area contributed by atoms with Crippen LogP contribution >= 0.6 is 22.6 Å². The van der Waals surface area contributed by atoms with Crippen LogP contribution in [0.25, 0.3) is 0 Å². The van der Waals surface area contributed by atoms with Gasteiger partial charge in [0, 0.05) is 27.1 Å². The average Bonchev–Trinajstić information content (AvgIpc) is 2.61. The zero-order chi connectivity index (χ0) is 12.4. The quantitative estimate of drug-likeness (QED) is 0.839. The van der Waals surface area contributed by atoms with Crippen LogP contribution in [0.15, 0.2) is 18.2 Å². The summed E-state index contributed by atoms with van der Waals surface area (Å²) in [5.74, 6) is 0. The van der Waals surface area contributed by atoms with E-state index in [4.69, 9.17) is 0 Å². The topological polar surface area (TPSA) is 40.7 Å². The van der Waals surface area contributed by atoms with Crippen molar-refractivity contribution >= 4 is 28.3 Å². The molecule has 0 bridgehead atoms. The first-order valence-corrected chi connectivity index (χ1v) is 6.66. The molecule has 1 aromatic heterocycles. The average molecular weight is 341 g/mol. The Balaban J connectivity index is 2.10. The standard InChI is InChI=1S/C13H16IN3/c1-8-4-5-11(6-13(8)14)15-7-12-9(2)16-17-10(12)3/h4-6,15H,7H2,1-3H3,(H,16,17). The number of hydrogen-bond donors (Lipinski definition) is 2. The first kappa shape index (κ1) is 12.4. The summed E-state index contributed by atoms with van der Waals surface area (Å²) in [5.41, 5.74) is 5.92. The van der Waals surface area contributed by atoms with E-state index >= 15 is 0 Å². The van der Waals surface area contributed by atoms with E-state index in [1.54, 1.807) is 0 Å². The molecule has 4 heteroatoms. The summed E-state index contributed by atoms with van der Waals surface area (Å²) in [7, 11) is 0. The molecule has 0 saturated carbocycles. The molecule has 0 fully saturated rings. The number of rotatable bonds is 3. The highest BCUT2D eigenvalue weighted by Gasteiger charge is 2.05. The van der Waals surface area contributed by atoms with E-state index in [9.17, 15) is 0 Å². The number of nitrogens with one attached hydrogen (secondary N) is 2. The maximum Gasteiger partial charge on any atom is 0.0643 e. The van der Waals surface area contributed by atoms with Crippen LogP contribution in [0.4, 0.5) is 5.69 Å². The summed E-state index contributed by atoms with van der Waals surface area (Å²) >= 11 is 2.36. The van der Waals surface area contributed by atoms with Gasteiger partial charge < -0.3 is 5.32 Å². The second-order valence-electron chi connectivity index (χ2n) is 4.23. The highest BCUT2D eigenvalue weighted by molar-refractivity contribution is 14.1. The molecule has 1 heterocycles. The van der Waals surface area contributed by atoms with Gasteiger partial charge in [0.1, 0.15) is 0 Å². The van der Waals surface area contributed by atoms with E-state index in [1.807, 2.05) is 6.92 Å². The van der Waals surface area contributed by atoms with Gasteiger partial charge in [-0.25, -0.2) is 0 Å². The van der Waals surface area contributed by atoms with Crippen molar-refractivity contribution in [2.45, 2.75) is 27.3 Å². The van der Waals surface area contributed by atoms with Crippen molar-refractivity contribution in [3.8, 4) is 0 Å². The largest absolute Gasteiger partial charge is 0.381 e. The van der Waals surface area contributed by atoms with E-state index in [1.165, 1.54) is 14.7 Å². The minimum absolute atomic E-state index is 0.813. The lowest BCUT2D eigenvalue weighted by atomic mass is 10.2. The molecule has 2 rings (SSSR count). The summed E-state index contributed by atoms with van der Waals surface area (Å²) in [6.07, 6.45) is 0. The van der Waals surface area contributed by atoms with Crippen LogP contribution in [0.3, 0.4) is 0 Å². The molecule has 90 valence electrons. The number of aromatic nitrogens is 2. The molecule has 17 heavy (non-hydrogen) atoms. The van der Waals surface area contributed by atoms with Gasteiger partial charge in [0.15, 0.2) is 0 Å². The SMILES string of the molecule is Cc1ccc(NCc2c(C)n[nH]c2C)cc1I. The molecular weight excluding hydrogens is 325 g/mol. The number of aryl methyl sites for hydroxylation is 3. The molecule has 0 spiro atoms. The monoisotopic (exact) mass is 341 g/mol. The molecule has 1 aromatic carbocycles. The van der Waals surface area contributed by atoms with Crippen LogP contribution in [0.5, 0.6) is 0 Å². The molecule has 2 aromatic rings. The fourth-order valence-corrected chi connectivity index (χ4v) is 2.24. The number of anilines is 1. The van der Waals surface area contributed by atoms with Gasteiger partial charge in [-0.1, -0.05) is 6.07 Å². The zero-order valence-corrected chi connectivity index (χ0v) is 12.4. The Morgan fingerprint density at radius 1 is 1.29 bits per heavy atom. The van der Waals surface area contributed by atoms with Gasteiger partial charge in [-0.15, -0.1) is 0 Å². The maximum absolute atomic E-state index is 4.19. The summed E-state index contributed by atoms with van der Waals surface area (Å²) in [5, 5.41) is 10.6.